The summed E-state index contributed by atoms with van der Waals surface area (Å²) >= 11 is 0. The van der Waals surface area contributed by atoms with Crippen LogP contribution in [0, 0.1) is 0 Å². The van der Waals surface area contributed by atoms with Crippen LogP contribution in [0.4, 0.5) is 5.82 Å². The molecule has 1 unspecified atom stereocenters. The fraction of sp³-hybridized carbons (Fsp3) is 0.583. The highest BCUT2D eigenvalue weighted by Gasteiger charge is 2.23. The highest BCUT2D eigenvalue weighted by atomic mass is 16.1. The number of likely N-dealkylation sites (N-methyl/N-ethyl adjacent to an activating group) is 1. The van der Waals surface area contributed by atoms with Crippen LogP contribution in [0.15, 0.2) is 12.4 Å². The van der Waals surface area contributed by atoms with Crippen LogP contribution in [-0.2, 0) is 0 Å². The summed E-state index contributed by atoms with van der Waals surface area (Å²) in [5, 5.41) is 2.90. The maximum Gasteiger partial charge on any atom is 0.271 e. The second kappa shape index (κ2) is 5.77. The number of rotatable bonds is 4. The van der Waals surface area contributed by atoms with Gasteiger partial charge in [-0.1, -0.05) is 6.92 Å². The molecular weight excluding hydrogens is 230 g/mol. The first-order valence-corrected chi connectivity index (χ1v) is 6.30. The van der Waals surface area contributed by atoms with E-state index < -0.39 is 0 Å². The van der Waals surface area contributed by atoms with Crippen LogP contribution in [-0.4, -0.2) is 46.5 Å². The largest absolute Gasteiger partial charge is 0.382 e. The second-order valence-corrected chi connectivity index (χ2v) is 4.46. The summed E-state index contributed by atoms with van der Waals surface area (Å²) in [6.45, 7) is 4.96. The number of nitrogen functional groups attached to an aromatic ring is 1. The fourth-order valence-electron chi connectivity index (χ4n) is 2.30. The molecule has 0 radical (unpaired) electrons. The van der Waals surface area contributed by atoms with Crippen LogP contribution in [0.25, 0.3) is 0 Å². The molecule has 1 aromatic rings. The summed E-state index contributed by atoms with van der Waals surface area (Å²) in [5.41, 5.74) is 5.73. The van der Waals surface area contributed by atoms with Crippen molar-refractivity contribution in [2.24, 2.45) is 0 Å². The molecule has 0 saturated carbocycles. The summed E-state index contributed by atoms with van der Waals surface area (Å²) in [6, 6.07) is 0.445. The molecule has 2 rings (SSSR count). The molecular formula is C12H19N5O. The molecule has 0 aromatic carbocycles. The van der Waals surface area contributed by atoms with Gasteiger partial charge < -0.3 is 11.1 Å². The van der Waals surface area contributed by atoms with Crippen LogP contribution in [0.1, 0.15) is 30.3 Å². The van der Waals surface area contributed by atoms with Crippen molar-refractivity contribution in [1.29, 1.82) is 0 Å². The minimum atomic E-state index is -0.189. The number of nitrogens with two attached hydrogens (primary N) is 1. The number of nitrogens with zero attached hydrogens (tertiary/aromatic N) is 3. The maximum atomic E-state index is 11.8. The SMILES string of the molecule is CCN1CCCC1CNC(=O)c1cnc(N)cn1. The van der Waals surface area contributed by atoms with E-state index >= 15 is 0 Å². The van der Waals surface area contributed by atoms with Gasteiger partial charge in [-0.3, -0.25) is 9.69 Å². The molecule has 1 aliphatic heterocycles. The van der Waals surface area contributed by atoms with Gasteiger partial charge in [-0.15, -0.1) is 0 Å². The quantitative estimate of drug-likeness (QED) is 0.800. The Morgan fingerprint density at radius 1 is 1.56 bits per heavy atom. The first-order valence-electron chi connectivity index (χ1n) is 6.30. The maximum absolute atomic E-state index is 11.8. The first-order chi connectivity index (χ1) is 8.70. The molecule has 18 heavy (non-hydrogen) atoms. The van der Waals surface area contributed by atoms with E-state index in [4.69, 9.17) is 5.73 Å². The van der Waals surface area contributed by atoms with Gasteiger partial charge in [0, 0.05) is 12.6 Å². The predicted octanol–water partition coefficient (Wildman–Crippen LogP) is 0.273. The van der Waals surface area contributed by atoms with Crippen molar-refractivity contribution in [3.05, 3.63) is 18.1 Å². The van der Waals surface area contributed by atoms with E-state index in [9.17, 15) is 4.79 Å². The molecule has 6 nitrogen and oxygen atoms in total. The van der Waals surface area contributed by atoms with Crippen LogP contribution >= 0.6 is 0 Å². The zero-order valence-corrected chi connectivity index (χ0v) is 10.6. The molecule has 3 N–H and O–H groups in total. The molecule has 1 amide bonds. The van der Waals surface area contributed by atoms with E-state index in [0.29, 0.717) is 24.1 Å². The van der Waals surface area contributed by atoms with Gasteiger partial charge in [-0.05, 0) is 25.9 Å². The molecule has 6 heteroatoms. The molecule has 1 saturated heterocycles. The zero-order valence-electron chi connectivity index (χ0n) is 10.6. The van der Waals surface area contributed by atoms with E-state index in [1.807, 2.05) is 0 Å². The standard InChI is InChI=1S/C12H19N5O/c1-2-17-5-3-4-9(17)6-16-12(18)10-7-15-11(13)8-14-10/h7-9H,2-6H2,1H3,(H2,13,15)(H,16,18). The molecule has 1 aromatic heterocycles. The minimum absolute atomic E-state index is 0.189. The van der Waals surface area contributed by atoms with Gasteiger partial charge in [0.1, 0.15) is 11.5 Å². The zero-order chi connectivity index (χ0) is 13.0. The van der Waals surface area contributed by atoms with Gasteiger partial charge in [0.15, 0.2) is 0 Å². The van der Waals surface area contributed by atoms with Crippen molar-refractivity contribution in [2.45, 2.75) is 25.8 Å². The Hall–Kier alpha value is -1.69. The second-order valence-electron chi connectivity index (χ2n) is 4.46. The summed E-state index contributed by atoms with van der Waals surface area (Å²) in [6.07, 6.45) is 5.14. The highest BCUT2D eigenvalue weighted by Crippen LogP contribution is 2.15. The van der Waals surface area contributed by atoms with E-state index in [2.05, 4.69) is 27.1 Å². The van der Waals surface area contributed by atoms with E-state index in [0.717, 1.165) is 19.5 Å². The normalized spacial score (nSPS) is 19.9. The molecule has 0 bridgehead atoms. The van der Waals surface area contributed by atoms with Crippen molar-refractivity contribution >= 4 is 11.7 Å². The lowest BCUT2D eigenvalue weighted by Gasteiger charge is -2.22. The number of likely N-dealkylation sites (tertiary alicyclic amines) is 1. The average Bonchev–Trinajstić information content (AvgIpc) is 2.84. The van der Waals surface area contributed by atoms with Gasteiger partial charge in [0.2, 0.25) is 0 Å². The minimum Gasteiger partial charge on any atom is -0.382 e. The Morgan fingerprint density at radius 2 is 2.39 bits per heavy atom. The molecule has 0 spiro atoms. The third-order valence-corrected chi connectivity index (χ3v) is 3.31. The highest BCUT2D eigenvalue weighted by molar-refractivity contribution is 5.91. The number of anilines is 1. The van der Waals surface area contributed by atoms with Gasteiger partial charge >= 0.3 is 0 Å². The third kappa shape index (κ3) is 2.95. The number of nitrogens with one attached hydrogen (secondary N) is 1. The van der Waals surface area contributed by atoms with Crippen molar-refractivity contribution in [3.63, 3.8) is 0 Å². The summed E-state index contributed by atoms with van der Waals surface area (Å²) in [4.78, 5) is 22.0. The number of hydrogen-bond donors (Lipinski definition) is 2. The van der Waals surface area contributed by atoms with Gasteiger partial charge in [-0.25, -0.2) is 9.97 Å². The van der Waals surface area contributed by atoms with E-state index in [1.165, 1.54) is 18.8 Å². The van der Waals surface area contributed by atoms with Gasteiger partial charge in [0.25, 0.3) is 5.91 Å². The van der Waals surface area contributed by atoms with Crippen LogP contribution in [0.2, 0.25) is 0 Å². The van der Waals surface area contributed by atoms with Crippen molar-refractivity contribution in [2.75, 3.05) is 25.4 Å². The first kappa shape index (κ1) is 12.8. The molecule has 2 heterocycles. The number of aromatic nitrogens is 2. The average molecular weight is 249 g/mol. The number of hydrogen-bond acceptors (Lipinski definition) is 5. The monoisotopic (exact) mass is 249 g/mol. The fourth-order valence-corrected chi connectivity index (χ4v) is 2.30. The van der Waals surface area contributed by atoms with Gasteiger partial charge in [-0.2, -0.15) is 0 Å². The Kier molecular flexibility index (Phi) is 4.09. The topological polar surface area (TPSA) is 84.1 Å². The lowest BCUT2D eigenvalue weighted by Crippen LogP contribution is -2.40. The molecule has 98 valence electrons. The summed E-state index contributed by atoms with van der Waals surface area (Å²) in [5.74, 6) is 0.130. The van der Waals surface area contributed by atoms with Crippen molar-refractivity contribution in [3.8, 4) is 0 Å². The van der Waals surface area contributed by atoms with Crippen molar-refractivity contribution < 1.29 is 4.79 Å². The van der Waals surface area contributed by atoms with E-state index in [-0.39, 0.29) is 5.91 Å². The van der Waals surface area contributed by atoms with Crippen molar-refractivity contribution in [1.82, 2.24) is 20.2 Å². The Morgan fingerprint density at radius 3 is 3.06 bits per heavy atom. The molecule has 0 aliphatic carbocycles. The number of amides is 1. The third-order valence-electron chi connectivity index (χ3n) is 3.31. The Labute approximate surface area is 107 Å². The lowest BCUT2D eigenvalue weighted by atomic mass is 10.2. The smallest absolute Gasteiger partial charge is 0.271 e. The Bertz CT molecular complexity index is 405. The molecule has 1 fully saturated rings. The summed E-state index contributed by atoms with van der Waals surface area (Å²) < 4.78 is 0. The lowest BCUT2D eigenvalue weighted by molar-refractivity contribution is 0.0936. The van der Waals surface area contributed by atoms with Gasteiger partial charge in [0.05, 0.1) is 12.4 Å². The Balaban J connectivity index is 1.86. The van der Waals surface area contributed by atoms with Crippen LogP contribution in [0.3, 0.4) is 0 Å². The van der Waals surface area contributed by atoms with Crippen LogP contribution < -0.4 is 11.1 Å². The predicted molar refractivity (Wildman–Crippen MR) is 69.0 cm³/mol. The van der Waals surface area contributed by atoms with Crippen LogP contribution in [0.5, 0.6) is 0 Å². The van der Waals surface area contributed by atoms with E-state index in [1.54, 1.807) is 0 Å². The summed E-state index contributed by atoms with van der Waals surface area (Å²) in [7, 11) is 0. The number of carbonyl (C=O) groups is 1. The molecule has 1 atom stereocenters. The number of carbonyl (C=O) groups excluding carboxylic acids is 1. The molecule has 1 aliphatic rings.